The fraction of sp³-hybridized carbons (Fsp3) is 0.556. The normalized spacial score (nSPS) is 10.1. The van der Waals surface area contributed by atoms with Gasteiger partial charge in [-0.3, -0.25) is 4.79 Å². The van der Waals surface area contributed by atoms with E-state index in [1.807, 2.05) is 0 Å². The van der Waals surface area contributed by atoms with Crippen molar-refractivity contribution in [2.75, 3.05) is 26.4 Å². The molecule has 0 atom stereocenters. The lowest BCUT2D eigenvalue weighted by Crippen LogP contribution is -2.36. The van der Waals surface area contributed by atoms with E-state index in [-0.39, 0.29) is 11.8 Å². The van der Waals surface area contributed by atoms with Gasteiger partial charge in [-0.05, 0) is 0 Å². The molecule has 0 aliphatic rings. The Morgan fingerprint density at radius 1 is 1.56 bits per heavy atom. The van der Waals surface area contributed by atoms with Crippen LogP contribution < -0.4 is 5.32 Å². The number of rotatable bonds is 6. The molecule has 1 aromatic rings. The summed E-state index contributed by atoms with van der Waals surface area (Å²) in [5, 5.41) is 19.3. The first-order valence-electron chi connectivity index (χ1n) is 5.18. The van der Waals surface area contributed by atoms with Crippen molar-refractivity contribution in [2.24, 2.45) is 0 Å². The SMILES string of the molecule is CN(C)C(=O)NCCn1cnnc1SCC(=O)O. The number of thioether (sulfide) groups is 1. The molecule has 0 radical (unpaired) electrons. The van der Waals surface area contributed by atoms with Crippen LogP contribution >= 0.6 is 11.8 Å². The van der Waals surface area contributed by atoms with Crippen LogP contribution in [0, 0.1) is 0 Å². The highest BCUT2D eigenvalue weighted by atomic mass is 32.2. The lowest BCUT2D eigenvalue weighted by molar-refractivity contribution is -0.133. The molecule has 1 rings (SSSR count). The number of amides is 2. The highest BCUT2D eigenvalue weighted by Gasteiger charge is 2.08. The maximum absolute atomic E-state index is 11.3. The van der Waals surface area contributed by atoms with Gasteiger partial charge < -0.3 is 19.9 Å². The van der Waals surface area contributed by atoms with Gasteiger partial charge >= 0.3 is 12.0 Å². The van der Waals surface area contributed by atoms with E-state index < -0.39 is 5.97 Å². The fourth-order valence-corrected chi connectivity index (χ4v) is 1.74. The van der Waals surface area contributed by atoms with Gasteiger partial charge in [0.2, 0.25) is 0 Å². The van der Waals surface area contributed by atoms with Crippen molar-refractivity contribution < 1.29 is 14.7 Å². The first kappa shape index (κ1) is 14.3. The van der Waals surface area contributed by atoms with Gasteiger partial charge in [0.25, 0.3) is 0 Å². The van der Waals surface area contributed by atoms with Gasteiger partial charge in [-0.1, -0.05) is 11.8 Å². The molecule has 9 heteroatoms. The second kappa shape index (κ2) is 6.84. The third-order valence-electron chi connectivity index (χ3n) is 1.94. The van der Waals surface area contributed by atoms with Crippen molar-refractivity contribution in [3.63, 3.8) is 0 Å². The summed E-state index contributed by atoms with van der Waals surface area (Å²) in [5.41, 5.74) is 0. The second-order valence-corrected chi connectivity index (χ2v) is 4.56. The van der Waals surface area contributed by atoms with Crippen molar-refractivity contribution in [1.82, 2.24) is 25.0 Å². The van der Waals surface area contributed by atoms with Gasteiger partial charge in [-0.25, -0.2) is 4.79 Å². The first-order chi connectivity index (χ1) is 8.50. The molecule has 0 aliphatic carbocycles. The lowest BCUT2D eigenvalue weighted by atomic mass is 10.6. The minimum Gasteiger partial charge on any atom is -0.481 e. The van der Waals surface area contributed by atoms with E-state index >= 15 is 0 Å². The van der Waals surface area contributed by atoms with Crippen LogP contribution in [0.25, 0.3) is 0 Å². The predicted octanol–water partition coefficient (Wildman–Crippen LogP) is -0.274. The summed E-state index contributed by atoms with van der Waals surface area (Å²) in [6.07, 6.45) is 1.51. The second-order valence-electron chi connectivity index (χ2n) is 3.62. The summed E-state index contributed by atoms with van der Waals surface area (Å²) in [7, 11) is 3.31. The van der Waals surface area contributed by atoms with Crippen LogP contribution in [0.5, 0.6) is 0 Å². The maximum atomic E-state index is 11.3. The van der Waals surface area contributed by atoms with E-state index in [1.54, 1.807) is 18.7 Å². The molecule has 1 aromatic heterocycles. The Kier molecular flexibility index (Phi) is 5.43. The zero-order valence-electron chi connectivity index (χ0n) is 10.2. The van der Waals surface area contributed by atoms with E-state index in [9.17, 15) is 9.59 Å². The molecule has 100 valence electrons. The maximum Gasteiger partial charge on any atom is 0.316 e. The molecule has 0 fully saturated rings. The molecule has 8 nitrogen and oxygen atoms in total. The predicted molar refractivity (Wildman–Crippen MR) is 65.5 cm³/mol. The number of carbonyl (C=O) groups is 2. The van der Waals surface area contributed by atoms with Gasteiger partial charge in [0, 0.05) is 27.2 Å². The van der Waals surface area contributed by atoms with Crippen LogP contribution in [0.2, 0.25) is 0 Å². The van der Waals surface area contributed by atoms with E-state index in [4.69, 9.17) is 5.11 Å². The molecule has 0 saturated carbocycles. The summed E-state index contributed by atoms with van der Waals surface area (Å²) in [6, 6.07) is -0.178. The van der Waals surface area contributed by atoms with Crippen LogP contribution in [-0.4, -0.2) is 63.2 Å². The Morgan fingerprint density at radius 3 is 2.89 bits per heavy atom. The number of nitrogens with zero attached hydrogens (tertiary/aromatic N) is 4. The van der Waals surface area contributed by atoms with Crippen molar-refractivity contribution in [2.45, 2.75) is 11.7 Å². The van der Waals surface area contributed by atoms with E-state index in [0.717, 1.165) is 11.8 Å². The molecule has 0 aromatic carbocycles. The topological polar surface area (TPSA) is 100 Å². The molecular weight excluding hydrogens is 258 g/mol. The van der Waals surface area contributed by atoms with Gasteiger partial charge in [0.15, 0.2) is 5.16 Å². The average Bonchev–Trinajstić information content (AvgIpc) is 2.73. The standard InChI is InChI=1S/C9H15N5O3S/c1-13(2)8(17)10-3-4-14-6-11-12-9(14)18-5-7(15)16/h6H,3-5H2,1-2H3,(H,10,17)(H,15,16). The zero-order valence-corrected chi connectivity index (χ0v) is 11.0. The quantitative estimate of drug-likeness (QED) is 0.692. The molecule has 2 N–H and O–H groups in total. The zero-order chi connectivity index (χ0) is 13.5. The van der Waals surface area contributed by atoms with Crippen molar-refractivity contribution in [3.8, 4) is 0 Å². The molecule has 0 aliphatic heterocycles. The Balaban J connectivity index is 2.40. The van der Waals surface area contributed by atoms with Crippen LogP contribution in [0.4, 0.5) is 4.79 Å². The van der Waals surface area contributed by atoms with Crippen LogP contribution in [0.3, 0.4) is 0 Å². The minimum absolute atomic E-state index is 0.0667. The van der Waals surface area contributed by atoms with Crippen LogP contribution in [-0.2, 0) is 11.3 Å². The highest BCUT2D eigenvalue weighted by Crippen LogP contribution is 2.13. The average molecular weight is 273 g/mol. The van der Waals surface area contributed by atoms with Crippen LogP contribution in [0.15, 0.2) is 11.5 Å². The Morgan fingerprint density at radius 2 is 2.28 bits per heavy atom. The Bertz CT molecular complexity index is 420. The monoisotopic (exact) mass is 273 g/mol. The number of hydrogen-bond donors (Lipinski definition) is 2. The smallest absolute Gasteiger partial charge is 0.316 e. The molecule has 0 saturated heterocycles. The summed E-state index contributed by atoms with van der Waals surface area (Å²) < 4.78 is 1.70. The molecule has 0 unspecified atom stereocenters. The van der Waals surface area contributed by atoms with Crippen molar-refractivity contribution in [3.05, 3.63) is 6.33 Å². The Labute approximate surface area is 108 Å². The van der Waals surface area contributed by atoms with Crippen molar-refractivity contribution >= 4 is 23.8 Å². The minimum atomic E-state index is -0.907. The molecular formula is C9H15N5O3S. The Hall–Kier alpha value is -1.77. The number of hydrogen-bond acceptors (Lipinski definition) is 5. The largest absolute Gasteiger partial charge is 0.481 e. The fourth-order valence-electron chi connectivity index (χ4n) is 1.08. The van der Waals surface area contributed by atoms with Gasteiger partial charge in [0.1, 0.15) is 6.33 Å². The summed E-state index contributed by atoms with van der Waals surface area (Å²) >= 11 is 1.09. The van der Waals surface area contributed by atoms with E-state index in [1.165, 1.54) is 11.2 Å². The molecule has 0 bridgehead atoms. The summed E-state index contributed by atoms with van der Waals surface area (Å²) in [6.45, 7) is 0.921. The third-order valence-corrected chi connectivity index (χ3v) is 2.91. The number of nitrogens with one attached hydrogen (secondary N) is 1. The molecule has 18 heavy (non-hydrogen) atoms. The molecule has 2 amide bonds. The van der Waals surface area contributed by atoms with E-state index in [0.29, 0.717) is 18.2 Å². The number of urea groups is 1. The van der Waals surface area contributed by atoms with Gasteiger partial charge in [-0.2, -0.15) is 0 Å². The molecule has 1 heterocycles. The van der Waals surface area contributed by atoms with E-state index in [2.05, 4.69) is 15.5 Å². The van der Waals surface area contributed by atoms with Gasteiger partial charge in [-0.15, -0.1) is 10.2 Å². The molecule has 0 spiro atoms. The highest BCUT2D eigenvalue weighted by molar-refractivity contribution is 7.99. The first-order valence-corrected chi connectivity index (χ1v) is 6.17. The lowest BCUT2D eigenvalue weighted by Gasteiger charge is -2.12. The number of aromatic nitrogens is 3. The van der Waals surface area contributed by atoms with Crippen molar-refractivity contribution in [1.29, 1.82) is 0 Å². The number of carboxylic acids is 1. The third kappa shape index (κ3) is 4.62. The summed E-state index contributed by atoms with van der Waals surface area (Å²) in [4.78, 5) is 23.1. The van der Waals surface area contributed by atoms with Crippen LogP contribution in [0.1, 0.15) is 0 Å². The number of carboxylic acid groups (broad SMARTS) is 1. The number of aliphatic carboxylic acids is 1. The summed E-state index contributed by atoms with van der Waals surface area (Å²) in [5.74, 6) is -0.974. The van der Waals surface area contributed by atoms with Gasteiger partial charge in [0.05, 0.1) is 5.75 Å². The number of carbonyl (C=O) groups excluding carboxylic acids is 1.